The number of hydrogen-bond acceptors (Lipinski definition) is 2. The first-order valence-corrected chi connectivity index (χ1v) is 11.7. The summed E-state index contributed by atoms with van der Waals surface area (Å²) in [6.45, 7) is 0. The molecule has 1 aliphatic carbocycles. The highest BCUT2D eigenvalue weighted by Gasteiger charge is 2.67. The van der Waals surface area contributed by atoms with Gasteiger partial charge < -0.3 is 10.6 Å². The van der Waals surface area contributed by atoms with Crippen molar-refractivity contribution in [1.82, 2.24) is 0 Å². The fraction of sp³-hybridized carbons (Fsp3) is 0.130. The normalized spacial score (nSPS) is 18.2. The van der Waals surface area contributed by atoms with Crippen molar-refractivity contribution in [3.8, 4) is 0 Å². The number of carbonyl (C=O) groups is 2. The zero-order chi connectivity index (χ0) is 25.7. The number of rotatable bonds is 5. The van der Waals surface area contributed by atoms with Gasteiger partial charge in [0.05, 0.1) is 22.2 Å². The van der Waals surface area contributed by atoms with Crippen molar-refractivity contribution in [2.45, 2.75) is 10.3 Å². The molecule has 1 saturated carbocycles. The van der Waals surface area contributed by atoms with E-state index in [0.29, 0.717) is 21.7 Å². The van der Waals surface area contributed by atoms with Crippen molar-refractivity contribution in [1.29, 1.82) is 0 Å². The molecular formula is C23H12Cl5F3N2O2. The molecule has 0 radical (unpaired) electrons. The highest BCUT2D eigenvalue weighted by atomic mass is 35.5. The Bertz CT molecular complexity index is 1350. The molecule has 2 N–H and O–H groups in total. The number of benzene rings is 3. The molecule has 2 atom stereocenters. The molecule has 0 aliphatic heterocycles. The van der Waals surface area contributed by atoms with Gasteiger partial charge in [0, 0.05) is 21.7 Å². The molecule has 1 fully saturated rings. The zero-order valence-corrected chi connectivity index (χ0v) is 20.9. The van der Waals surface area contributed by atoms with E-state index in [1.54, 1.807) is 12.1 Å². The maximum absolute atomic E-state index is 13.9. The summed E-state index contributed by atoms with van der Waals surface area (Å²) in [4.78, 5) is 25.5. The van der Waals surface area contributed by atoms with Gasteiger partial charge in [0.25, 0.3) is 5.91 Å². The minimum Gasteiger partial charge on any atom is -0.326 e. The van der Waals surface area contributed by atoms with Crippen LogP contribution in [0.3, 0.4) is 0 Å². The second-order valence-electron chi connectivity index (χ2n) is 7.69. The van der Waals surface area contributed by atoms with Crippen molar-refractivity contribution in [2.24, 2.45) is 5.92 Å². The first-order chi connectivity index (χ1) is 16.4. The van der Waals surface area contributed by atoms with Crippen molar-refractivity contribution in [3.63, 3.8) is 0 Å². The molecule has 182 valence electrons. The summed E-state index contributed by atoms with van der Waals surface area (Å²) in [5.41, 5.74) is -0.00773. The van der Waals surface area contributed by atoms with Gasteiger partial charge in [-0.15, -0.1) is 23.2 Å². The highest BCUT2D eigenvalue weighted by molar-refractivity contribution is 6.53. The fourth-order valence-electron chi connectivity index (χ4n) is 3.63. The largest absolute Gasteiger partial charge is 0.326 e. The van der Waals surface area contributed by atoms with Gasteiger partial charge in [-0.1, -0.05) is 34.8 Å². The van der Waals surface area contributed by atoms with Crippen LogP contribution in [0.1, 0.15) is 21.8 Å². The third kappa shape index (κ3) is 5.20. The summed E-state index contributed by atoms with van der Waals surface area (Å²) in [5, 5.41) is 5.40. The number of amides is 2. The molecular weight excluding hydrogens is 571 g/mol. The van der Waals surface area contributed by atoms with Crippen LogP contribution in [0.4, 0.5) is 24.5 Å². The van der Waals surface area contributed by atoms with E-state index >= 15 is 0 Å². The van der Waals surface area contributed by atoms with Gasteiger partial charge in [-0.3, -0.25) is 9.59 Å². The van der Waals surface area contributed by atoms with E-state index in [1.807, 2.05) is 0 Å². The molecule has 3 aromatic rings. The van der Waals surface area contributed by atoms with Gasteiger partial charge in [0.15, 0.2) is 17.5 Å². The summed E-state index contributed by atoms with van der Waals surface area (Å²) in [5.74, 6) is -7.62. The Labute approximate surface area is 222 Å². The van der Waals surface area contributed by atoms with Crippen LogP contribution in [-0.2, 0) is 4.79 Å². The molecule has 2 amide bonds. The molecule has 35 heavy (non-hydrogen) atoms. The van der Waals surface area contributed by atoms with E-state index in [0.717, 1.165) is 6.07 Å². The Morgan fingerprint density at radius 3 is 2.14 bits per heavy atom. The number of halogens is 8. The predicted molar refractivity (Wildman–Crippen MR) is 131 cm³/mol. The van der Waals surface area contributed by atoms with Crippen LogP contribution in [0.5, 0.6) is 0 Å². The van der Waals surface area contributed by atoms with Crippen LogP contribution in [0.15, 0.2) is 48.5 Å². The van der Waals surface area contributed by atoms with Crippen LogP contribution in [0.25, 0.3) is 0 Å². The maximum Gasteiger partial charge on any atom is 0.257 e. The van der Waals surface area contributed by atoms with Crippen molar-refractivity contribution in [3.05, 3.63) is 92.2 Å². The number of nitrogens with one attached hydrogen (secondary N) is 2. The summed E-state index contributed by atoms with van der Waals surface area (Å²) in [7, 11) is 0. The van der Waals surface area contributed by atoms with Gasteiger partial charge in [-0.25, -0.2) is 13.2 Å². The first-order valence-electron chi connectivity index (χ1n) is 9.79. The number of carbonyl (C=O) groups excluding carboxylic acids is 2. The molecule has 0 heterocycles. The van der Waals surface area contributed by atoms with E-state index in [4.69, 9.17) is 58.0 Å². The van der Waals surface area contributed by atoms with Crippen LogP contribution in [0, 0.1) is 23.4 Å². The standard InChI is InChI=1S/C23H12Cl5F3N2O2/c24-10-5-9(6-11(25)7-10)17-18(23(17,27)28)22(35)32-12-1-2-14(26)13(8-12)21(34)33-16-4-3-15(29)19(30)20(16)31/h1-8,17-18H,(H,32,35)(H,33,34)/t17-,18+/m0/s1. The Hall–Kier alpha value is -2.16. The van der Waals surface area contributed by atoms with E-state index in [2.05, 4.69) is 10.6 Å². The van der Waals surface area contributed by atoms with Gasteiger partial charge in [0.2, 0.25) is 5.91 Å². The van der Waals surface area contributed by atoms with E-state index in [-0.39, 0.29) is 16.3 Å². The molecule has 0 aromatic heterocycles. The predicted octanol–water partition coefficient (Wildman–Crippen LogP) is 7.84. The molecule has 0 spiro atoms. The molecule has 0 saturated heterocycles. The number of hydrogen-bond donors (Lipinski definition) is 2. The van der Waals surface area contributed by atoms with Crippen LogP contribution in [-0.4, -0.2) is 16.1 Å². The molecule has 3 aromatic carbocycles. The van der Waals surface area contributed by atoms with Crippen molar-refractivity contribution < 1.29 is 22.8 Å². The second kappa shape index (κ2) is 9.71. The van der Waals surface area contributed by atoms with Crippen LogP contribution < -0.4 is 10.6 Å². The topological polar surface area (TPSA) is 58.2 Å². The number of anilines is 2. The van der Waals surface area contributed by atoms with Crippen molar-refractivity contribution in [2.75, 3.05) is 10.6 Å². The summed E-state index contributed by atoms with van der Waals surface area (Å²) >= 11 is 30.8. The summed E-state index contributed by atoms with van der Waals surface area (Å²) in [6.07, 6.45) is 0. The Kier molecular flexibility index (Phi) is 7.19. The summed E-state index contributed by atoms with van der Waals surface area (Å²) < 4.78 is 39.1. The van der Waals surface area contributed by atoms with Gasteiger partial charge in [-0.05, 0) is 54.1 Å². The lowest BCUT2D eigenvalue weighted by Crippen LogP contribution is -2.18. The van der Waals surface area contributed by atoms with E-state index < -0.39 is 51.1 Å². The minimum atomic E-state index is -1.74. The van der Waals surface area contributed by atoms with Gasteiger partial charge in [-0.2, -0.15) is 0 Å². The average Bonchev–Trinajstić information content (AvgIpc) is 3.36. The monoisotopic (exact) mass is 580 g/mol. The Morgan fingerprint density at radius 2 is 1.49 bits per heavy atom. The fourth-order valence-corrected chi connectivity index (χ4v) is 5.21. The molecule has 0 unspecified atom stereocenters. The first kappa shape index (κ1) is 25.9. The van der Waals surface area contributed by atoms with E-state index in [9.17, 15) is 22.8 Å². The van der Waals surface area contributed by atoms with Crippen LogP contribution in [0.2, 0.25) is 15.1 Å². The molecule has 4 rings (SSSR count). The summed E-state index contributed by atoms with van der Waals surface area (Å²) in [6, 6.07) is 10.2. The SMILES string of the molecule is O=C(Nc1ccc(F)c(F)c1F)c1cc(NC(=O)[C@H]2[C@H](c3cc(Cl)cc(Cl)c3)C2(Cl)Cl)ccc1Cl. The molecule has 0 bridgehead atoms. The lowest BCUT2D eigenvalue weighted by Gasteiger charge is -2.11. The van der Waals surface area contributed by atoms with Crippen LogP contribution >= 0.6 is 58.0 Å². The Morgan fingerprint density at radius 1 is 0.829 bits per heavy atom. The zero-order valence-electron chi connectivity index (χ0n) is 17.1. The quantitative estimate of drug-likeness (QED) is 0.238. The smallest absolute Gasteiger partial charge is 0.257 e. The van der Waals surface area contributed by atoms with Gasteiger partial charge >= 0.3 is 0 Å². The average molecular weight is 583 g/mol. The Balaban J connectivity index is 1.52. The molecule has 12 heteroatoms. The maximum atomic E-state index is 13.9. The van der Waals surface area contributed by atoms with Gasteiger partial charge in [0.1, 0.15) is 4.33 Å². The molecule has 4 nitrogen and oxygen atoms in total. The number of alkyl halides is 2. The third-order valence-corrected chi connectivity index (χ3v) is 7.05. The second-order valence-corrected chi connectivity index (χ2v) is 10.4. The molecule has 1 aliphatic rings. The van der Waals surface area contributed by atoms with E-state index in [1.165, 1.54) is 24.3 Å². The lowest BCUT2D eigenvalue weighted by molar-refractivity contribution is -0.117. The lowest BCUT2D eigenvalue weighted by atomic mass is 10.1. The third-order valence-electron chi connectivity index (χ3n) is 5.34. The van der Waals surface area contributed by atoms with Crippen molar-refractivity contribution >= 4 is 81.2 Å². The highest BCUT2D eigenvalue weighted by Crippen LogP contribution is 2.65. The minimum absolute atomic E-state index is 0.0367.